The molecule has 4 nitrogen and oxygen atoms in total. The summed E-state index contributed by atoms with van der Waals surface area (Å²) in [7, 11) is 2.21. The number of aromatic nitrogens is 1. The maximum absolute atomic E-state index is 13.0. The van der Waals surface area contributed by atoms with E-state index < -0.39 is 0 Å². The first-order valence-corrected chi connectivity index (χ1v) is 10.7. The molecule has 0 atom stereocenters. The van der Waals surface area contributed by atoms with Crippen molar-refractivity contribution in [3.63, 3.8) is 0 Å². The molecule has 1 saturated carbocycles. The lowest BCUT2D eigenvalue weighted by Crippen LogP contribution is -2.33. The Morgan fingerprint density at radius 2 is 1.86 bits per heavy atom. The number of nitrogens with one attached hydrogen (secondary N) is 1. The van der Waals surface area contributed by atoms with Crippen LogP contribution in [0, 0.1) is 13.8 Å². The number of carbonyl (C=O) groups is 1. The first-order chi connectivity index (χ1) is 13.4. The van der Waals surface area contributed by atoms with E-state index in [4.69, 9.17) is 0 Å². The average molecular weight is 382 g/mol. The van der Waals surface area contributed by atoms with E-state index in [0.29, 0.717) is 12.1 Å². The van der Waals surface area contributed by atoms with Crippen molar-refractivity contribution in [2.45, 2.75) is 78.4 Å². The van der Waals surface area contributed by atoms with Crippen LogP contribution in [0.5, 0.6) is 0 Å². The molecule has 0 spiro atoms. The lowest BCUT2D eigenvalue weighted by molar-refractivity contribution is 0.102. The fourth-order valence-electron chi connectivity index (χ4n) is 4.69. The summed E-state index contributed by atoms with van der Waals surface area (Å²) >= 11 is 0. The zero-order chi connectivity index (χ0) is 20.3. The largest absolute Gasteiger partial charge is 0.346 e. The topological polar surface area (TPSA) is 37.3 Å². The molecule has 0 bridgehead atoms. The summed E-state index contributed by atoms with van der Waals surface area (Å²) in [4.78, 5) is 15.5. The molecule has 1 aliphatic carbocycles. The van der Waals surface area contributed by atoms with Gasteiger partial charge in [-0.2, -0.15) is 0 Å². The van der Waals surface area contributed by atoms with Crippen LogP contribution in [0.3, 0.4) is 0 Å². The molecule has 0 unspecified atom stereocenters. The van der Waals surface area contributed by atoms with Gasteiger partial charge in [-0.25, -0.2) is 0 Å². The highest BCUT2D eigenvalue weighted by Crippen LogP contribution is 2.26. The van der Waals surface area contributed by atoms with Gasteiger partial charge in [-0.05, 0) is 65.3 Å². The summed E-state index contributed by atoms with van der Waals surface area (Å²) in [6.45, 7) is 9.27. The van der Waals surface area contributed by atoms with Gasteiger partial charge in [0.15, 0.2) is 0 Å². The van der Waals surface area contributed by atoms with Crippen molar-refractivity contribution in [3.8, 4) is 0 Å². The zero-order valence-corrected chi connectivity index (χ0v) is 18.1. The van der Waals surface area contributed by atoms with Crippen LogP contribution in [0.4, 0.5) is 5.69 Å². The number of nitrogens with zero attached hydrogens (tertiary/aromatic N) is 2. The smallest absolute Gasteiger partial charge is 0.257 e. The normalized spacial score (nSPS) is 15.4. The summed E-state index contributed by atoms with van der Waals surface area (Å²) in [5.41, 5.74) is 5.03. The lowest BCUT2D eigenvalue weighted by atomic mass is 9.94. The highest BCUT2D eigenvalue weighted by atomic mass is 16.1. The van der Waals surface area contributed by atoms with Crippen molar-refractivity contribution in [1.29, 1.82) is 0 Å². The molecular formula is C24H35N3O. The van der Waals surface area contributed by atoms with E-state index in [1.54, 1.807) is 0 Å². The maximum atomic E-state index is 13.0. The van der Waals surface area contributed by atoms with E-state index in [0.717, 1.165) is 29.2 Å². The highest BCUT2D eigenvalue weighted by molar-refractivity contribution is 6.05. The molecular weight excluding hydrogens is 346 g/mol. The Kier molecular flexibility index (Phi) is 6.61. The number of carbonyl (C=O) groups excluding carboxylic acids is 1. The number of hydrogen-bond donors (Lipinski definition) is 1. The Hall–Kier alpha value is -2.07. The monoisotopic (exact) mass is 381 g/mol. The van der Waals surface area contributed by atoms with Gasteiger partial charge in [0.25, 0.3) is 5.91 Å². The minimum atomic E-state index is -0.0206. The third-order valence-corrected chi connectivity index (χ3v) is 6.13. The molecule has 1 N–H and O–H groups in total. The number of hydrogen-bond acceptors (Lipinski definition) is 2. The van der Waals surface area contributed by atoms with Gasteiger partial charge in [0, 0.05) is 35.7 Å². The Morgan fingerprint density at radius 1 is 1.18 bits per heavy atom. The van der Waals surface area contributed by atoms with Crippen molar-refractivity contribution in [2.24, 2.45) is 0 Å². The van der Waals surface area contributed by atoms with Crippen LogP contribution in [-0.4, -0.2) is 28.5 Å². The number of para-hydroxylation sites is 1. The summed E-state index contributed by atoms with van der Waals surface area (Å²) in [5, 5.41) is 3.18. The molecule has 0 radical (unpaired) electrons. The van der Waals surface area contributed by atoms with Crippen LogP contribution in [-0.2, 0) is 6.54 Å². The Balaban J connectivity index is 1.76. The molecule has 1 amide bonds. The zero-order valence-electron chi connectivity index (χ0n) is 18.1. The molecule has 3 rings (SSSR count). The van der Waals surface area contributed by atoms with Crippen molar-refractivity contribution in [2.75, 3.05) is 12.4 Å². The van der Waals surface area contributed by atoms with Gasteiger partial charge in [-0.15, -0.1) is 0 Å². The predicted molar refractivity (Wildman–Crippen MR) is 117 cm³/mol. The van der Waals surface area contributed by atoms with E-state index in [1.165, 1.54) is 37.7 Å². The maximum Gasteiger partial charge on any atom is 0.257 e. The molecule has 0 aliphatic heterocycles. The van der Waals surface area contributed by atoms with E-state index in [2.05, 4.69) is 54.7 Å². The summed E-state index contributed by atoms with van der Waals surface area (Å²) in [6.07, 6.45) is 6.60. The second-order valence-corrected chi connectivity index (χ2v) is 8.57. The van der Waals surface area contributed by atoms with Crippen molar-refractivity contribution in [3.05, 3.63) is 52.8 Å². The average Bonchev–Trinajstić information content (AvgIpc) is 2.98. The van der Waals surface area contributed by atoms with Crippen LogP contribution >= 0.6 is 0 Å². The second-order valence-electron chi connectivity index (χ2n) is 8.57. The van der Waals surface area contributed by atoms with Gasteiger partial charge in [-0.1, -0.05) is 37.5 Å². The van der Waals surface area contributed by atoms with Crippen LogP contribution < -0.4 is 5.32 Å². The summed E-state index contributed by atoms with van der Waals surface area (Å²) in [5.74, 6) is -0.0206. The number of amides is 1. The van der Waals surface area contributed by atoms with Gasteiger partial charge in [0.1, 0.15) is 0 Å². The van der Waals surface area contributed by atoms with Gasteiger partial charge < -0.3 is 9.88 Å². The lowest BCUT2D eigenvalue weighted by Gasteiger charge is -2.31. The predicted octanol–water partition coefficient (Wildman–Crippen LogP) is 5.70. The van der Waals surface area contributed by atoms with Crippen LogP contribution in [0.1, 0.15) is 79.3 Å². The Bertz CT molecular complexity index is 815. The van der Waals surface area contributed by atoms with E-state index in [1.807, 2.05) is 25.1 Å². The third-order valence-electron chi connectivity index (χ3n) is 6.13. The standard InChI is InChI=1S/C24H35N3O/c1-17(2)27-18(3)15-22(19(27)4)24(28)25-23-14-10-9-11-20(23)16-26(5)21-12-7-6-8-13-21/h9-11,14-15,17,21H,6-8,12-13,16H2,1-5H3,(H,25,28). The molecule has 152 valence electrons. The minimum absolute atomic E-state index is 0.0206. The number of rotatable bonds is 6. The SMILES string of the molecule is Cc1cc(C(=O)Nc2ccccc2CN(C)C2CCCCC2)c(C)n1C(C)C. The van der Waals surface area contributed by atoms with Crippen LogP contribution in [0.15, 0.2) is 30.3 Å². The first kappa shape index (κ1) is 20.7. The fourth-order valence-corrected chi connectivity index (χ4v) is 4.69. The van der Waals surface area contributed by atoms with Crippen LogP contribution in [0.25, 0.3) is 0 Å². The quantitative estimate of drug-likeness (QED) is 0.696. The second kappa shape index (κ2) is 8.95. The van der Waals surface area contributed by atoms with E-state index >= 15 is 0 Å². The van der Waals surface area contributed by atoms with Crippen molar-refractivity contribution < 1.29 is 4.79 Å². The molecule has 0 saturated heterocycles. The summed E-state index contributed by atoms with van der Waals surface area (Å²) < 4.78 is 2.22. The minimum Gasteiger partial charge on any atom is -0.346 e. The molecule has 1 aliphatic rings. The van der Waals surface area contributed by atoms with Crippen LogP contribution in [0.2, 0.25) is 0 Å². The van der Waals surface area contributed by atoms with Gasteiger partial charge in [0.05, 0.1) is 5.56 Å². The van der Waals surface area contributed by atoms with Gasteiger partial charge >= 0.3 is 0 Å². The third kappa shape index (κ3) is 4.49. The molecule has 2 aromatic rings. The first-order valence-electron chi connectivity index (χ1n) is 10.7. The van der Waals surface area contributed by atoms with Crippen molar-refractivity contribution in [1.82, 2.24) is 9.47 Å². The molecule has 28 heavy (non-hydrogen) atoms. The molecule has 4 heteroatoms. The molecule has 1 aromatic carbocycles. The van der Waals surface area contributed by atoms with E-state index in [-0.39, 0.29) is 5.91 Å². The number of anilines is 1. The fraction of sp³-hybridized carbons (Fsp3) is 0.542. The van der Waals surface area contributed by atoms with E-state index in [9.17, 15) is 4.79 Å². The molecule has 1 heterocycles. The molecule has 1 aromatic heterocycles. The van der Waals surface area contributed by atoms with Gasteiger partial charge in [-0.3, -0.25) is 9.69 Å². The molecule has 1 fully saturated rings. The Morgan fingerprint density at radius 3 is 2.50 bits per heavy atom. The highest BCUT2D eigenvalue weighted by Gasteiger charge is 2.21. The van der Waals surface area contributed by atoms with Gasteiger partial charge in [0.2, 0.25) is 0 Å². The number of aryl methyl sites for hydroxylation is 1. The Labute approximate surface area is 169 Å². The number of benzene rings is 1. The van der Waals surface area contributed by atoms with Crippen molar-refractivity contribution >= 4 is 11.6 Å². The summed E-state index contributed by atoms with van der Waals surface area (Å²) in [6, 6.07) is 11.2.